The molecular weight excluding hydrogens is 341 g/mol. The van der Waals surface area contributed by atoms with Crippen molar-refractivity contribution in [2.75, 3.05) is 26.8 Å². The number of benzene rings is 1. The summed E-state index contributed by atoms with van der Waals surface area (Å²) < 4.78 is 6.28. The second-order valence-electron chi connectivity index (χ2n) is 4.70. The van der Waals surface area contributed by atoms with E-state index in [0.717, 1.165) is 41.7 Å². The van der Waals surface area contributed by atoms with Crippen molar-refractivity contribution in [2.45, 2.75) is 12.8 Å². The number of rotatable bonds is 3. The van der Waals surface area contributed by atoms with Gasteiger partial charge >= 0.3 is 0 Å². The van der Waals surface area contributed by atoms with Gasteiger partial charge in [-0.05, 0) is 59.5 Å². The Morgan fingerprint density at radius 2 is 2.17 bits per heavy atom. The first-order valence-corrected chi connectivity index (χ1v) is 7.32. The molecule has 1 aromatic rings. The second kappa shape index (κ2) is 6.52. The molecular formula is C14H18INO2. The molecule has 1 fully saturated rings. The fourth-order valence-corrected chi connectivity index (χ4v) is 2.89. The van der Waals surface area contributed by atoms with Crippen LogP contribution in [0.5, 0.6) is 0 Å². The molecule has 18 heavy (non-hydrogen) atoms. The fraction of sp³-hybridized carbons (Fsp3) is 0.500. The highest BCUT2D eigenvalue weighted by Gasteiger charge is 2.23. The van der Waals surface area contributed by atoms with Crippen molar-refractivity contribution in [3.63, 3.8) is 0 Å². The summed E-state index contributed by atoms with van der Waals surface area (Å²) in [6, 6.07) is 7.78. The van der Waals surface area contributed by atoms with E-state index in [0.29, 0.717) is 5.92 Å². The summed E-state index contributed by atoms with van der Waals surface area (Å²) in [5.74, 6) is 0.763. The van der Waals surface area contributed by atoms with Gasteiger partial charge < -0.3 is 9.64 Å². The van der Waals surface area contributed by atoms with Crippen molar-refractivity contribution in [1.29, 1.82) is 0 Å². The second-order valence-corrected chi connectivity index (χ2v) is 5.95. The van der Waals surface area contributed by atoms with Crippen LogP contribution in [0, 0.1) is 9.49 Å². The van der Waals surface area contributed by atoms with Gasteiger partial charge in [0.25, 0.3) is 5.91 Å². The van der Waals surface area contributed by atoms with E-state index < -0.39 is 0 Å². The normalized spacial score (nSPS) is 16.9. The molecule has 0 unspecified atom stereocenters. The van der Waals surface area contributed by atoms with Crippen LogP contribution in [0.25, 0.3) is 0 Å². The van der Waals surface area contributed by atoms with Gasteiger partial charge in [-0.25, -0.2) is 0 Å². The Morgan fingerprint density at radius 3 is 2.78 bits per heavy atom. The Kier molecular flexibility index (Phi) is 5.00. The Morgan fingerprint density at radius 1 is 1.44 bits per heavy atom. The van der Waals surface area contributed by atoms with Crippen LogP contribution in [0.4, 0.5) is 0 Å². The number of ether oxygens (including phenoxy) is 1. The van der Waals surface area contributed by atoms with Gasteiger partial charge in [0.2, 0.25) is 0 Å². The van der Waals surface area contributed by atoms with E-state index in [-0.39, 0.29) is 5.91 Å². The minimum atomic E-state index is 0.157. The maximum absolute atomic E-state index is 12.3. The van der Waals surface area contributed by atoms with Gasteiger partial charge in [-0.15, -0.1) is 0 Å². The van der Waals surface area contributed by atoms with Crippen LogP contribution in [0.15, 0.2) is 24.3 Å². The molecule has 0 N–H and O–H groups in total. The molecule has 1 saturated heterocycles. The zero-order valence-electron chi connectivity index (χ0n) is 10.6. The van der Waals surface area contributed by atoms with Crippen molar-refractivity contribution < 1.29 is 9.53 Å². The van der Waals surface area contributed by atoms with Crippen LogP contribution in [-0.4, -0.2) is 37.6 Å². The van der Waals surface area contributed by atoms with Crippen LogP contribution in [-0.2, 0) is 4.74 Å². The van der Waals surface area contributed by atoms with Crippen LogP contribution < -0.4 is 0 Å². The molecule has 1 heterocycles. The third kappa shape index (κ3) is 3.45. The van der Waals surface area contributed by atoms with E-state index in [2.05, 4.69) is 22.6 Å². The van der Waals surface area contributed by atoms with Crippen molar-refractivity contribution in [3.8, 4) is 0 Å². The first-order valence-electron chi connectivity index (χ1n) is 6.24. The summed E-state index contributed by atoms with van der Waals surface area (Å²) in [6.45, 7) is 2.50. The highest BCUT2D eigenvalue weighted by atomic mass is 127. The number of hydrogen-bond acceptors (Lipinski definition) is 2. The molecule has 4 heteroatoms. The smallest absolute Gasteiger partial charge is 0.253 e. The molecule has 0 spiro atoms. The summed E-state index contributed by atoms with van der Waals surface area (Å²) >= 11 is 2.24. The van der Waals surface area contributed by atoms with Gasteiger partial charge in [-0.3, -0.25) is 4.79 Å². The fourth-order valence-electron chi connectivity index (χ4n) is 2.34. The Balaban J connectivity index is 1.95. The molecule has 1 aromatic carbocycles. The van der Waals surface area contributed by atoms with Crippen molar-refractivity contribution in [2.24, 2.45) is 5.92 Å². The number of hydrogen-bond donors (Lipinski definition) is 0. The molecule has 1 amide bonds. The quantitative estimate of drug-likeness (QED) is 0.777. The average Bonchev–Trinajstić information content (AvgIpc) is 2.39. The number of carbonyl (C=O) groups is 1. The molecule has 0 aliphatic carbocycles. The molecule has 98 valence electrons. The zero-order valence-corrected chi connectivity index (χ0v) is 12.7. The summed E-state index contributed by atoms with van der Waals surface area (Å²) in [7, 11) is 1.74. The summed E-state index contributed by atoms with van der Waals surface area (Å²) in [4.78, 5) is 14.3. The average molecular weight is 359 g/mol. The van der Waals surface area contributed by atoms with E-state index in [4.69, 9.17) is 4.74 Å². The Labute approximate surface area is 122 Å². The van der Waals surface area contributed by atoms with Crippen LogP contribution in [0.2, 0.25) is 0 Å². The first kappa shape index (κ1) is 13.8. The van der Waals surface area contributed by atoms with Crippen LogP contribution >= 0.6 is 22.6 Å². The number of amides is 1. The molecule has 0 saturated carbocycles. The molecule has 0 aromatic heterocycles. The molecule has 0 radical (unpaired) electrons. The van der Waals surface area contributed by atoms with Gasteiger partial charge in [0.1, 0.15) is 0 Å². The van der Waals surface area contributed by atoms with Crippen molar-refractivity contribution in [3.05, 3.63) is 33.4 Å². The number of halogens is 1. The topological polar surface area (TPSA) is 29.5 Å². The van der Waals surface area contributed by atoms with Crippen LogP contribution in [0.3, 0.4) is 0 Å². The molecule has 0 bridgehead atoms. The minimum absolute atomic E-state index is 0.157. The van der Waals surface area contributed by atoms with Gasteiger partial charge in [0.05, 0.1) is 0 Å². The van der Waals surface area contributed by atoms with Crippen molar-refractivity contribution >= 4 is 28.5 Å². The maximum Gasteiger partial charge on any atom is 0.253 e. The number of likely N-dealkylation sites (tertiary alicyclic amines) is 1. The molecule has 1 aliphatic heterocycles. The number of methoxy groups -OCH3 is 1. The van der Waals surface area contributed by atoms with Gasteiger partial charge in [0.15, 0.2) is 0 Å². The SMILES string of the molecule is COCC1CCN(C(=O)c2cccc(I)c2)CC1. The summed E-state index contributed by atoms with van der Waals surface area (Å²) in [6.07, 6.45) is 2.09. The third-order valence-corrected chi connectivity index (χ3v) is 4.05. The van der Waals surface area contributed by atoms with Gasteiger partial charge in [-0.1, -0.05) is 6.07 Å². The highest BCUT2D eigenvalue weighted by Crippen LogP contribution is 2.19. The molecule has 2 rings (SSSR count). The van der Waals surface area contributed by atoms with Crippen LogP contribution in [0.1, 0.15) is 23.2 Å². The lowest BCUT2D eigenvalue weighted by atomic mass is 9.97. The highest BCUT2D eigenvalue weighted by molar-refractivity contribution is 14.1. The first-order chi connectivity index (χ1) is 8.70. The predicted molar refractivity (Wildman–Crippen MR) is 79.7 cm³/mol. The van der Waals surface area contributed by atoms with E-state index in [1.807, 2.05) is 29.2 Å². The lowest BCUT2D eigenvalue weighted by Gasteiger charge is -2.31. The molecule has 3 nitrogen and oxygen atoms in total. The Hall–Kier alpha value is -0.620. The number of carbonyl (C=O) groups excluding carboxylic acids is 1. The zero-order chi connectivity index (χ0) is 13.0. The predicted octanol–water partition coefficient (Wildman–Crippen LogP) is 2.79. The largest absolute Gasteiger partial charge is 0.384 e. The minimum Gasteiger partial charge on any atom is -0.384 e. The lowest BCUT2D eigenvalue weighted by Crippen LogP contribution is -2.39. The van der Waals surface area contributed by atoms with Gasteiger partial charge in [-0.2, -0.15) is 0 Å². The number of nitrogens with zero attached hydrogens (tertiary/aromatic N) is 1. The standard InChI is InChI=1S/C14H18INO2/c1-18-10-11-5-7-16(8-6-11)14(17)12-3-2-4-13(15)9-12/h2-4,9,11H,5-8,10H2,1H3. The number of piperidine rings is 1. The third-order valence-electron chi connectivity index (χ3n) is 3.38. The van der Waals surface area contributed by atoms with E-state index in [1.165, 1.54) is 0 Å². The monoisotopic (exact) mass is 359 g/mol. The lowest BCUT2D eigenvalue weighted by molar-refractivity contribution is 0.0613. The molecule has 0 atom stereocenters. The summed E-state index contributed by atoms with van der Waals surface area (Å²) in [5, 5.41) is 0. The Bertz CT molecular complexity index is 414. The van der Waals surface area contributed by atoms with E-state index in [9.17, 15) is 4.79 Å². The van der Waals surface area contributed by atoms with Crippen molar-refractivity contribution in [1.82, 2.24) is 4.90 Å². The van der Waals surface area contributed by atoms with E-state index >= 15 is 0 Å². The van der Waals surface area contributed by atoms with E-state index in [1.54, 1.807) is 7.11 Å². The van der Waals surface area contributed by atoms with Gasteiger partial charge in [0, 0.05) is 35.9 Å². The maximum atomic E-state index is 12.3. The summed E-state index contributed by atoms with van der Waals surface area (Å²) in [5.41, 5.74) is 0.798. The molecule has 1 aliphatic rings.